The molecule has 0 spiro atoms. The lowest BCUT2D eigenvalue weighted by Crippen LogP contribution is -2.37. The van der Waals surface area contributed by atoms with Gasteiger partial charge in [0, 0.05) is 18.9 Å². The second-order valence-corrected chi connectivity index (χ2v) is 10.4. The Kier molecular flexibility index (Phi) is 13.8. The van der Waals surface area contributed by atoms with E-state index in [0.717, 1.165) is 19.3 Å². The number of unbranched alkanes of at least 4 members (excludes halogenated alkanes) is 8. The molecule has 0 radical (unpaired) electrons. The normalized spacial score (nSPS) is 13.1. The smallest absolute Gasteiger partial charge is 0.323 e. The first kappa shape index (κ1) is 31.3. The van der Waals surface area contributed by atoms with E-state index >= 15 is 0 Å². The number of nitrogens with two attached hydrogens (primary N) is 2. The summed E-state index contributed by atoms with van der Waals surface area (Å²) >= 11 is 0. The molecule has 2 aromatic heterocycles. The first-order valence-electron chi connectivity index (χ1n) is 14.0. The number of imidazole rings is 1. The van der Waals surface area contributed by atoms with E-state index in [1.807, 2.05) is 13.8 Å². The van der Waals surface area contributed by atoms with E-state index in [1.54, 1.807) is 4.57 Å². The number of aromatic nitrogens is 4. The molecule has 0 amide bonds. The van der Waals surface area contributed by atoms with Gasteiger partial charge < -0.3 is 25.5 Å². The number of nitrogens with one attached hydrogen (secondary N) is 1. The monoisotopic (exact) mass is 534 g/mol. The van der Waals surface area contributed by atoms with Crippen molar-refractivity contribution in [3.8, 4) is 0 Å². The molecule has 11 heteroatoms. The van der Waals surface area contributed by atoms with Crippen LogP contribution in [0, 0.1) is 11.8 Å². The van der Waals surface area contributed by atoms with Gasteiger partial charge in [-0.25, -0.2) is 4.98 Å². The minimum Gasteiger partial charge on any atom is -0.465 e. The highest BCUT2D eigenvalue weighted by molar-refractivity contribution is 5.75. The lowest BCUT2D eigenvalue weighted by Gasteiger charge is -2.19. The van der Waals surface area contributed by atoms with Crippen LogP contribution in [0.15, 0.2) is 11.1 Å². The van der Waals surface area contributed by atoms with Crippen LogP contribution in [0.3, 0.4) is 0 Å². The zero-order chi connectivity index (χ0) is 27.9. The van der Waals surface area contributed by atoms with Crippen LogP contribution in [0.1, 0.15) is 91.4 Å². The molecule has 0 saturated heterocycles. The number of rotatable bonds is 19. The number of carbonyl (C=O) groups excluding carboxylic acids is 2. The highest BCUT2D eigenvalue weighted by Crippen LogP contribution is 2.15. The van der Waals surface area contributed by atoms with Gasteiger partial charge in [0.15, 0.2) is 11.2 Å². The van der Waals surface area contributed by atoms with Gasteiger partial charge in [0.2, 0.25) is 5.95 Å². The molecule has 11 nitrogen and oxygen atoms in total. The number of nitrogens with zero attached hydrogens (tertiary/aromatic N) is 3. The van der Waals surface area contributed by atoms with Gasteiger partial charge >= 0.3 is 11.9 Å². The molecule has 0 aromatic carbocycles. The average Bonchev–Trinajstić information content (AvgIpc) is 3.28. The molecule has 0 aliphatic rings. The molecule has 0 saturated carbocycles. The van der Waals surface area contributed by atoms with Crippen LogP contribution in [-0.2, 0) is 25.6 Å². The van der Waals surface area contributed by atoms with Gasteiger partial charge in [0.05, 0.1) is 19.5 Å². The van der Waals surface area contributed by atoms with Crippen molar-refractivity contribution in [2.45, 2.75) is 104 Å². The van der Waals surface area contributed by atoms with Gasteiger partial charge in [-0.05, 0) is 18.8 Å². The maximum Gasteiger partial charge on any atom is 0.323 e. The molecule has 38 heavy (non-hydrogen) atoms. The van der Waals surface area contributed by atoms with Crippen molar-refractivity contribution in [2.24, 2.45) is 17.6 Å². The zero-order valence-electron chi connectivity index (χ0n) is 23.2. The van der Waals surface area contributed by atoms with Crippen molar-refractivity contribution in [1.82, 2.24) is 19.5 Å². The molecule has 214 valence electrons. The Hall–Kier alpha value is -2.95. The van der Waals surface area contributed by atoms with Gasteiger partial charge in [0.25, 0.3) is 5.56 Å². The summed E-state index contributed by atoms with van der Waals surface area (Å²) in [4.78, 5) is 47.4. The van der Waals surface area contributed by atoms with Crippen molar-refractivity contribution >= 4 is 29.1 Å². The van der Waals surface area contributed by atoms with Gasteiger partial charge in [-0.2, -0.15) is 4.98 Å². The van der Waals surface area contributed by atoms with Crippen LogP contribution in [0.25, 0.3) is 11.2 Å². The van der Waals surface area contributed by atoms with Gasteiger partial charge in [0.1, 0.15) is 6.04 Å². The number of H-pyrrole nitrogens is 1. The maximum absolute atomic E-state index is 12.4. The molecule has 2 rings (SSSR count). The third-order valence-corrected chi connectivity index (χ3v) is 6.67. The Bertz CT molecular complexity index is 1050. The molecule has 2 aromatic rings. The van der Waals surface area contributed by atoms with Gasteiger partial charge in [-0.3, -0.25) is 19.4 Å². The highest BCUT2D eigenvalue weighted by atomic mass is 16.5. The van der Waals surface area contributed by atoms with Crippen LogP contribution in [-0.4, -0.2) is 50.7 Å². The summed E-state index contributed by atoms with van der Waals surface area (Å²) < 4.78 is 12.6. The number of ether oxygens (including phenoxy) is 2. The average molecular weight is 535 g/mol. The van der Waals surface area contributed by atoms with Crippen molar-refractivity contribution < 1.29 is 19.1 Å². The summed E-state index contributed by atoms with van der Waals surface area (Å²) in [5.74, 6) is -0.955. The number of hydrogen-bond donors (Lipinski definition) is 3. The molecule has 0 fully saturated rings. The number of esters is 2. The van der Waals surface area contributed by atoms with Crippen LogP contribution in [0.5, 0.6) is 0 Å². The number of nitrogen functional groups attached to an aromatic ring is 1. The van der Waals surface area contributed by atoms with E-state index in [2.05, 4.69) is 21.9 Å². The summed E-state index contributed by atoms with van der Waals surface area (Å²) in [6.45, 7) is 6.55. The van der Waals surface area contributed by atoms with Crippen molar-refractivity contribution in [3.63, 3.8) is 0 Å². The summed E-state index contributed by atoms with van der Waals surface area (Å²) in [6, 6.07) is -0.695. The molecule has 0 aliphatic heterocycles. The SMILES string of the molecule is CCCCCCCCCCCC(=O)OC[C@H](CCOC(=O)[C@@H](N)C(C)C)Cn1cnc2c(=O)[nH]c(N)nc21. The predicted molar refractivity (Wildman–Crippen MR) is 147 cm³/mol. The molecule has 0 unspecified atom stereocenters. The Labute approximate surface area is 225 Å². The quantitative estimate of drug-likeness (QED) is 0.180. The van der Waals surface area contributed by atoms with E-state index in [1.165, 1.54) is 44.9 Å². The summed E-state index contributed by atoms with van der Waals surface area (Å²) in [5.41, 5.74) is 11.7. The number of anilines is 1. The fourth-order valence-corrected chi connectivity index (χ4v) is 4.17. The first-order valence-corrected chi connectivity index (χ1v) is 14.0. The van der Waals surface area contributed by atoms with Gasteiger partial charge in [-0.15, -0.1) is 0 Å². The van der Waals surface area contributed by atoms with Crippen molar-refractivity contribution in [1.29, 1.82) is 0 Å². The maximum atomic E-state index is 12.4. The fourth-order valence-electron chi connectivity index (χ4n) is 4.17. The van der Waals surface area contributed by atoms with E-state index in [0.29, 0.717) is 25.0 Å². The Morgan fingerprint density at radius 3 is 2.37 bits per heavy atom. The molecule has 5 N–H and O–H groups in total. The standard InChI is InChI=1S/C27H46N6O5/c1-4-5-6-7-8-9-10-11-12-13-21(34)38-17-20(14-15-37-26(36)22(28)19(2)3)16-33-18-30-23-24(33)31-27(29)32-25(23)35/h18-20,22H,4-17,28H2,1-3H3,(H3,29,31,32,35)/t20-,22+/m1/s1. The van der Waals surface area contributed by atoms with Crippen molar-refractivity contribution in [3.05, 3.63) is 16.7 Å². The zero-order valence-corrected chi connectivity index (χ0v) is 23.2. The molecule has 0 bridgehead atoms. The Morgan fingerprint density at radius 1 is 1.05 bits per heavy atom. The van der Waals surface area contributed by atoms with E-state index in [-0.39, 0.29) is 42.5 Å². The summed E-state index contributed by atoms with van der Waals surface area (Å²) in [6.07, 6.45) is 12.9. The number of fused-ring (bicyclic) bond motifs is 1. The minimum atomic E-state index is -0.695. The lowest BCUT2D eigenvalue weighted by molar-refractivity contribution is -0.149. The van der Waals surface area contributed by atoms with Crippen LogP contribution in [0.2, 0.25) is 0 Å². The van der Waals surface area contributed by atoms with Crippen LogP contribution >= 0.6 is 0 Å². The third kappa shape index (κ3) is 10.8. The second-order valence-electron chi connectivity index (χ2n) is 10.4. The summed E-state index contributed by atoms with van der Waals surface area (Å²) in [5, 5.41) is 0. The third-order valence-electron chi connectivity index (χ3n) is 6.67. The molecular weight excluding hydrogens is 488 g/mol. The Morgan fingerprint density at radius 2 is 1.71 bits per heavy atom. The second kappa shape index (κ2) is 16.8. The van der Waals surface area contributed by atoms with E-state index in [9.17, 15) is 14.4 Å². The number of carbonyl (C=O) groups is 2. The molecule has 2 atom stereocenters. The predicted octanol–water partition coefficient (Wildman–Crippen LogP) is 3.70. The summed E-state index contributed by atoms with van der Waals surface area (Å²) in [7, 11) is 0. The molecular formula is C27H46N6O5. The number of aromatic amines is 1. The topological polar surface area (TPSA) is 168 Å². The Balaban J connectivity index is 1.87. The van der Waals surface area contributed by atoms with Crippen LogP contribution in [0.4, 0.5) is 5.95 Å². The van der Waals surface area contributed by atoms with E-state index < -0.39 is 17.6 Å². The van der Waals surface area contributed by atoms with E-state index in [4.69, 9.17) is 20.9 Å². The molecule has 2 heterocycles. The van der Waals surface area contributed by atoms with Crippen LogP contribution < -0.4 is 17.0 Å². The number of hydrogen-bond acceptors (Lipinski definition) is 9. The lowest BCUT2D eigenvalue weighted by atomic mass is 10.1. The minimum absolute atomic E-state index is 0.00945. The van der Waals surface area contributed by atoms with Gasteiger partial charge in [-0.1, -0.05) is 72.1 Å². The first-order chi connectivity index (χ1) is 18.2. The fraction of sp³-hybridized carbons (Fsp3) is 0.741. The highest BCUT2D eigenvalue weighted by Gasteiger charge is 2.21. The molecule has 0 aliphatic carbocycles. The largest absolute Gasteiger partial charge is 0.465 e. The van der Waals surface area contributed by atoms with Crippen molar-refractivity contribution in [2.75, 3.05) is 18.9 Å².